The van der Waals surface area contributed by atoms with Crippen molar-refractivity contribution in [1.29, 1.82) is 0 Å². The summed E-state index contributed by atoms with van der Waals surface area (Å²) in [5, 5.41) is 0. The van der Waals surface area contributed by atoms with E-state index < -0.39 is 10.0 Å². The second kappa shape index (κ2) is 5.86. The molecule has 0 saturated carbocycles. The molecule has 0 fully saturated rings. The molecule has 6 nitrogen and oxygen atoms in total. The topological polar surface area (TPSA) is 81.4 Å². The van der Waals surface area contributed by atoms with Crippen molar-refractivity contribution >= 4 is 42.7 Å². The Morgan fingerprint density at radius 2 is 2.00 bits per heavy atom. The fourth-order valence-electron chi connectivity index (χ4n) is 2.18. The van der Waals surface area contributed by atoms with Gasteiger partial charge in [-0.1, -0.05) is 15.9 Å². The molecule has 8 heteroatoms. The van der Waals surface area contributed by atoms with Crippen LogP contribution < -0.4 is 9.46 Å². The Kier molecular flexibility index (Phi) is 4.03. The number of aromatic nitrogens is 1. The monoisotopic (exact) mass is 396 g/mol. The molecular formula is C15H13BrN2O4S. The van der Waals surface area contributed by atoms with Crippen LogP contribution in [0.2, 0.25) is 0 Å². The summed E-state index contributed by atoms with van der Waals surface area (Å²) in [4.78, 5) is 4.24. The number of nitrogens with one attached hydrogen (secondary N) is 1. The number of aryl methyl sites for hydroxylation is 1. The Bertz CT molecular complexity index is 982. The van der Waals surface area contributed by atoms with Crippen LogP contribution in [-0.2, 0) is 10.0 Å². The molecule has 0 bridgehead atoms. The maximum absolute atomic E-state index is 12.6. The second-order valence-electron chi connectivity index (χ2n) is 4.82. The quantitative estimate of drug-likeness (QED) is 0.726. The van der Waals surface area contributed by atoms with Crippen LogP contribution in [0.5, 0.6) is 5.75 Å². The van der Waals surface area contributed by atoms with E-state index in [-0.39, 0.29) is 10.6 Å². The van der Waals surface area contributed by atoms with Crippen molar-refractivity contribution in [3.8, 4) is 5.75 Å². The summed E-state index contributed by atoms with van der Waals surface area (Å²) in [6.45, 7) is 1.73. The van der Waals surface area contributed by atoms with Crippen LogP contribution in [0, 0.1) is 6.92 Å². The summed E-state index contributed by atoms with van der Waals surface area (Å²) in [5.41, 5.74) is 1.59. The van der Waals surface area contributed by atoms with E-state index in [0.29, 0.717) is 27.2 Å². The first-order valence-electron chi connectivity index (χ1n) is 6.62. The van der Waals surface area contributed by atoms with Crippen molar-refractivity contribution in [2.24, 2.45) is 0 Å². The number of anilines is 1. The lowest BCUT2D eigenvalue weighted by molar-refractivity contribution is 0.403. The van der Waals surface area contributed by atoms with Gasteiger partial charge in [-0.3, -0.25) is 4.72 Å². The van der Waals surface area contributed by atoms with Gasteiger partial charge in [-0.25, -0.2) is 13.4 Å². The number of hydrogen-bond acceptors (Lipinski definition) is 5. The highest BCUT2D eigenvalue weighted by atomic mass is 79.9. The number of oxazole rings is 1. The van der Waals surface area contributed by atoms with Crippen molar-refractivity contribution < 1.29 is 17.6 Å². The summed E-state index contributed by atoms with van der Waals surface area (Å²) in [5.74, 6) is 0.785. The van der Waals surface area contributed by atoms with Crippen molar-refractivity contribution in [3.05, 3.63) is 46.8 Å². The first kappa shape index (κ1) is 15.8. The SMILES string of the molecule is COc1ccc(Br)cc1S(=O)(=O)Nc1ccc2oc(C)nc2c1. The maximum atomic E-state index is 12.6. The normalized spacial score (nSPS) is 11.6. The smallest absolute Gasteiger partial charge is 0.265 e. The van der Waals surface area contributed by atoms with Crippen LogP contribution >= 0.6 is 15.9 Å². The number of fused-ring (bicyclic) bond motifs is 1. The predicted molar refractivity (Wildman–Crippen MR) is 90.2 cm³/mol. The Hall–Kier alpha value is -2.06. The van der Waals surface area contributed by atoms with E-state index in [9.17, 15) is 8.42 Å². The molecule has 23 heavy (non-hydrogen) atoms. The molecule has 0 radical (unpaired) electrons. The number of hydrogen-bond donors (Lipinski definition) is 1. The summed E-state index contributed by atoms with van der Waals surface area (Å²) in [6, 6.07) is 9.69. The van der Waals surface area contributed by atoms with Gasteiger partial charge in [0.25, 0.3) is 10.0 Å². The van der Waals surface area contributed by atoms with Gasteiger partial charge in [-0.15, -0.1) is 0 Å². The Morgan fingerprint density at radius 1 is 1.22 bits per heavy atom. The van der Waals surface area contributed by atoms with Gasteiger partial charge in [0.15, 0.2) is 11.5 Å². The molecule has 0 aliphatic carbocycles. The van der Waals surface area contributed by atoms with E-state index in [1.165, 1.54) is 13.2 Å². The molecule has 1 N–H and O–H groups in total. The van der Waals surface area contributed by atoms with E-state index in [0.717, 1.165) is 0 Å². The highest BCUT2D eigenvalue weighted by Gasteiger charge is 2.20. The number of methoxy groups -OCH3 is 1. The van der Waals surface area contributed by atoms with Gasteiger partial charge in [0, 0.05) is 11.4 Å². The summed E-state index contributed by atoms with van der Waals surface area (Å²) >= 11 is 3.27. The third-order valence-electron chi connectivity index (χ3n) is 3.16. The van der Waals surface area contributed by atoms with Gasteiger partial charge in [-0.2, -0.15) is 0 Å². The van der Waals surface area contributed by atoms with Crippen molar-refractivity contribution in [2.45, 2.75) is 11.8 Å². The van der Waals surface area contributed by atoms with Crippen LogP contribution in [0.4, 0.5) is 5.69 Å². The number of benzene rings is 2. The summed E-state index contributed by atoms with van der Waals surface area (Å²) < 4.78 is 38.9. The molecule has 0 aliphatic rings. The number of halogens is 1. The zero-order valence-corrected chi connectivity index (χ0v) is 14.7. The highest BCUT2D eigenvalue weighted by Crippen LogP contribution is 2.29. The Morgan fingerprint density at radius 3 is 2.74 bits per heavy atom. The molecule has 0 saturated heterocycles. The standard InChI is InChI=1S/C15H13BrN2O4S/c1-9-17-12-8-11(4-6-13(12)22-9)18-23(19,20)15-7-10(16)3-5-14(15)21-2/h3-8,18H,1-2H3. The number of nitrogens with zero attached hydrogens (tertiary/aromatic N) is 1. The van der Waals surface area contributed by atoms with Crippen molar-refractivity contribution in [3.63, 3.8) is 0 Å². The molecular weight excluding hydrogens is 384 g/mol. The van der Waals surface area contributed by atoms with Gasteiger partial charge in [0.05, 0.1) is 12.8 Å². The lowest BCUT2D eigenvalue weighted by Gasteiger charge is -2.12. The largest absolute Gasteiger partial charge is 0.495 e. The van der Waals surface area contributed by atoms with E-state index in [2.05, 4.69) is 25.6 Å². The van der Waals surface area contributed by atoms with Crippen molar-refractivity contribution in [1.82, 2.24) is 4.98 Å². The average molecular weight is 397 g/mol. The van der Waals surface area contributed by atoms with Gasteiger partial charge in [-0.05, 0) is 36.4 Å². The van der Waals surface area contributed by atoms with E-state index in [1.54, 1.807) is 37.3 Å². The van der Waals surface area contributed by atoms with Gasteiger partial charge in [0.1, 0.15) is 16.2 Å². The molecule has 1 heterocycles. The minimum absolute atomic E-state index is 0.0470. The number of ether oxygens (including phenoxy) is 1. The molecule has 2 aromatic carbocycles. The molecule has 0 unspecified atom stereocenters. The van der Waals surface area contributed by atoms with Crippen LogP contribution in [0.15, 0.2) is 50.2 Å². The minimum atomic E-state index is -3.80. The number of rotatable bonds is 4. The molecule has 0 aliphatic heterocycles. The highest BCUT2D eigenvalue weighted by molar-refractivity contribution is 9.10. The van der Waals surface area contributed by atoms with Gasteiger partial charge < -0.3 is 9.15 Å². The van der Waals surface area contributed by atoms with E-state index in [1.807, 2.05) is 0 Å². The molecule has 0 spiro atoms. The fourth-order valence-corrected chi connectivity index (χ4v) is 3.93. The molecule has 0 amide bonds. The van der Waals surface area contributed by atoms with Crippen LogP contribution in [0.25, 0.3) is 11.1 Å². The van der Waals surface area contributed by atoms with Crippen molar-refractivity contribution in [2.75, 3.05) is 11.8 Å². The molecule has 3 rings (SSSR count). The van der Waals surface area contributed by atoms with Gasteiger partial charge in [0.2, 0.25) is 0 Å². The first-order chi connectivity index (χ1) is 10.9. The second-order valence-corrected chi connectivity index (χ2v) is 7.38. The molecule has 3 aromatic rings. The third-order valence-corrected chi connectivity index (χ3v) is 5.06. The summed E-state index contributed by atoms with van der Waals surface area (Å²) in [7, 11) is -2.38. The lowest BCUT2D eigenvalue weighted by Crippen LogP contribution is -2.14. The van der Waals surface area contributed by atoms with Crippen LogP contribution in [0.1, 0.15) is 5.89 Å². The van der Waals surface area contributed by atoms with E-state index in [4.69, 9.17) is 9.15 Å². The maximum Gasteiger partial charge on any atom is 0.265 e. The first-order valence-corrected chi connectivity index (χ1v) is 8.90. The molecule has 1 aromatic heterocycles. The van der Waals surface area contributed by atoms with Gasteiger partial charge >= 0.3 is 0 Å². The zero-order valence-electron chi connectivity index (χ0n) is 12.3. The summed E-state index contributed by atoms with van der Waals surface area (Å²) in [6.07, 6.45) is 0. The van der Waals surface area contributed by atoms with E-state index >= 15 is 0 Å². The fraction of sp³-hybridized carbons (Fsp3) is 0.133. The zero-order chi connectivity index (χ0) is 16.6. The minimum Gasteiger partial charge on any atom is -0.495 e. The number of sulfonamides is 1. The van der Waals surface area contributed by atoms with Crippen LogP contribution in [-0.4, -0.2) is 20.5 Å². The van der Waals surface area contributed by atoms with Crippen LogP contribution in [0.3, 0.4) is 0 Å². The third kappa shape index (κ3) is 3.18. The average Bonchev–Trinajstić information content (AvgIpc) is 2.86. The lowest BCUT2D eigenvalue weighted by atomic mass is 10.3. The Balaban J connectivity index is 2.01. The molecule has 120 valence electrons. The molecule has 0 atom stereocenters. The predicted octanol–water partition coefficient (Wildman–Crippen LogP) is 3.71. The Labute approximate surface area is 141 Å².